The van der Waals surface area contributed by atoms with Crippen LogP contribution >= 0.6 is 0 Å². The fourth-order valence-electron chi connectivity index (χ4n) is 2.26. The molecule has 16 heavy (non-hydrogen) atoms. The van der Waals surface area contributed by atoms with Gasteiger partial charge in [0.25, 0.3) is 0 Å². The molecule has 0 aliphatic carbocycles. The SMILES string of the molecule is CCC1(c2ccccc2)CC(=O)OC(=O)C1. The van der Waals surface area contributed by atoms with E-state index >= 15 is 0 Å². The van der Waals surface area contributed by atoms with Crippen LogP contribution in [0, 0.1) is 0 Å². The van der Waals surface area contributed by atoms with Crippen LogP contribution < -0.4 is 0 Å². The van der Waals surface area contributed by atoms with E-state index in [0.29, 0.717) is 12.8 Å². The number of rotatable bonds is 2. The Hall–Kier alpha value is -1.64. The standard InChI is InChI=1S/C13H14O3/c1-2-13(10-6-4-3-5-7-10)8-11(14)16-12(15)9-13/h3-7H,2,8-9H2,1H3. The van der Waals surface area contributed by atoms with E-state index in [-0.39, 0.29) is 5.41 Å². The maximum atomic E-state index is 11.4. The van der Waals surface area contributed by atoms with Crippen molar-refractivity contribution in [1.29, 1.82) is 0 Å². The molecule has 0 saturated carbocycles. The third-order valence-corrected chi connectivity index (χ3v) is 3.26. The first-order valence-electron chi connectivity index (χ1n) is 5.45. The van der Waals surface area contributed by atoms with Gasteiger partial charge in [-0.2, -0.15) is 0 Å². The van der Waals surface area contributed by atoms with Crippen LogP contribution in [0.2, 0.25) is 0 Å². The fraction of sp³-hybridized carbons (Fsp3) is 0.385. The van der Waals surface area contributed by atoms with Gasteiger partial charge in [-0.1, -0.05) is 37.3 Å². The van der Waals surface area contributed by atoms with Gasteiger partial charge in [0.15, 0.2) is 0 Å². The maximum Gasteiger partial charge on any atom is 0.314 e. The normalized spacial score (nSPS) is 19.3. The molecule has 0 aromatic heterocycles. The van der Waals surface area contributed by atoms with Crippen molar-refractivity contribution in [3.05, 3.63) is 35.9 Å². The molecule has 1 aliphatic heterocycles. The molecule has 1 aromatic carbocycles. The maximum absolute atomic E-state index is 11.4. The fourth-order valence-corrected chi connectivity index (χ4v) is 2.26. The van der Waals surface area contributed by atoms with Crippen molar-refractivity contribution in [1.82, 2.24) is 0 Å². The molecule has 1 fully saturated rings. The summed E-state index contributed by atoms with van der Waals surface area (Å²) in [5.41, 5.74) is 0.677. The Kier molecular flexibility index (Phi) is 2.77. The Balaban J connectivity index is 2.39. The molecule has 1 aliphatic rings. The second kappa shape index (κ2) is 4.08. The van der Waals surface area contributed by atoms with E-state index in [1.54, 1.807) is 0 Å². The lowest BCUT2D eigenvalue weighted by Gasteiger charge is -2.34. The number of hydrogen-bond donors (Lipinski definition) is 0. The van der Waals surface area contributed by atoms with E-state index < -0.39 is 11.9 Å². The number of carbonyl (C=O) groups is 2. The van der Waals surface area contributed by atoms with Crippen molar-refractivity contribution < 1.29 is 14.3 Å². The lowest BCUT2D eigenvalue weighted by molar-refractivity contribution is -0.166. The zero-order valence-electron chi connectivity index (χ0n) is 9.23. The smallest absolute Gasteiger partial charge is 0.314 e. The van der Waals surface area contributed by atoms with Gasteiger partial charge in [0, 0.05) is 5.41 Å². The van der Waals surface area contributed by atoms with Crippen LogP contribution in [0.1, 0.15) is 31.7 Å². The summed E-state index contributed by atoms with van der Waals surface area (Å²) in [4.78, 5) is 22.8. The Bertz CT molecular complexity index is 392. The van der Waals surface area contributed by atoms with E-state index in [1.807, 2.05) is 37.3 Å². The first-order chi connectivity index (χ1) is 7.66. The minimum atomic E-state index is -0.415. The minimum absolute atomic E-state index is 0.291. The van der Waals surface area contributed by atoms with Crippen molar-refractivity contribution in [3.63, 3.8) is 0 Å². The lowest BCUT2D eigenvalue weighted by atomic mass is 9.72. The van der Waals surface area contributed by atoms with Gasteiger partial charge in [0.05, 0.1) is 12.8 Å². The third kappa shape index (κ3) is 1.85. The van der Waals surface area contributed by atoms with Crippen molar-refractivity contribution in [2.24, 2.45) is 0 Å². The topological polar surface area (TPSA) is 43.4 Å². The molecular weight excluding hydrogens is 204 g/mol. The Labute approximate surface area is 94.4 Å². The number of benzene rings is 1. The second-order valence-electron chi connectivity index (χ2n) is 4.20. The monoisotopic (exact) mass is 218 g/mol. The average molecular weight is 218 g/mol. The number of esters is 2. The van der Waals surface area contributed by atoms with Crippen LogP contribution in [0.4, 0.5) is 0 Å². The first kappa shape index (κ1) is 10.9. The van der Waals surface area contributed by atoms with Gasteiger partial charge < -0.3 is 4.74 Å². The number of ether oxygens (including phenoxy) is 1. The molecule has 1 saturated heterocycles. The van der Waals surface area contributed by atoms with Gasteiger partial charge in [-0.15, -0.1) is 0 Å². The quantitative estimate of drug-likeness (QED) is 0.564. The number of carbonyl (C=O) groups excluding carboxylic acids is 2. The molecule has 1 heterocycles. The van der Waals surface area contributed by atoms with Crippen molar-refractivity contribution in [2.75, 3.05) is 0 Å². The first-order valence-corrected chi connectivity index (χ1v) is 5.45. The highest BCUT2D eigenvalue weighted by molar-refractivity contribution is 5.90. The van der Waals surface area contributed by atoms with Gasteiger partial charge in [-0.3, -0.25) is 9.59 Å². The largest absolute Gasteiger partial charge is 0.393 e. The molecule has 0 unspecified atom stereocenters. The minimum Gasteiger partial charge on any atom is -0.393 e. The predicted octanol–water partition coefficient (Wildman–Crippen LogP) is 2.20. The van der Waals surface area contributed by atoms with Crippen LogP contribution in [0.5, 0.6) is 0 Å². The van der Waals surface area contributed by atoms with Crippen LogP contribution in [0.3, 0.4) is 0 Å². The van der Waals surface area contributed by atoms with Gasteiger partial charge in [0.2, 0.25) is 0 Å². The van der Waals surface area contributed by atoms with E-state index in [4.69, 9.17) is 0 Å². The van der Waals surface area contributed by atoms with Gasteiger partial charge >= 0.3 is 11.9 Å². The number of cyclic esters (lactones) is 2. The summed E-state index contributed by atoms with van der Waals surface area (Å²) in [6.45, 7) is 2.00. The highest BCUT2D eigenvalue weighted by Gasteiger charge is 2.41. The highest BCUT2D eigenvalue weighted by atomic mass is 16.6. The molecule has 0 N–H and O–H groups in total. The van der Waals surface area contributed by atoms with Crippen LogP contribution in [0.25, 0.3) is 0 Å². The van der Waals surface area contributed by atoms with E-state index in [2.05, 4.69) is 4.74 Å². The molecule has 0 amide bonds. The molecule has 2 rings (SSSR count). The molecule has 0 bridgehead atoms. The average Bonchev–Trinajstić information content (AvgIpc) is 2.29. The van der Waals surface area contributed by atoms with Crippen LogP contribution in [-0.4, -0.2) is 11.9 Å². The van der Waals surface area contributed by atoms with Crippen molar-refractivity contribution >= 4 is 11.9 Å². The molecule has 84 valence electrons. The predicted molar refractivity (Wildman–Crippen MR) is 58.7 cm³/mol. The Morgan fingerprint density at radius 3 is 2.19 bits per heavy atom. The third-order valence-electron chi connectivity index (χ3n) is 3.26. The summed E-state index contributed by atoms with van der Waals surface area (Å²) in [6.07, 6.45) is 1.34. The molecule has 3 heteroatoms. The zero-order chi connectivity index (χ0) is 11.6. The van der Waals surface area contributed by atoms with Gasteiger partial charge in [0.1, 0.15) is 0 Å². The van der Waals surface area contributed by atoms with E-state index in [0.717, 1.165) is 12.0 Å². The molecule has 1 aromatic rings. The molecule has 0 atom stereocenters. The van der Waals surface area contributed by atoms with Gasteiger partial charge in [-0.05, 0) is 12.0 Å². The highest BCUT2D eigenvalue weighted by Crippen LogP contribution is 2.38. The van der Waals surface area contributed by atoms with Crippen LogP contribution in [-0.2, 0) is 19.7 Å². The molecule has 3 nitrogen and oxygen atoms in total. The summed E-state index contributed by atoms with van der Waals surface area (Å²) in [5, 5.41) is 0. The summed E-state index contributed by atoms with van der Waals surface area (Å²) < 4.78 is 4.59. The summed E-state index contributed by atoms with van der Waals surface area (Å²) >= 11 is 0. The Morgan fingerprint density at radius 2 is 1.69 bits per heavy atom. The summed E-state index contributed by atoms with van der Waals surface area (Å²) in [6, 6.07) is 9.72. The second-order valence-corrected chi connectivity index (χ2v) is 4.20. The summed E-state index contributed by atoms with van der Waals surface area (Å²) in [5.74, 6) is -0.830. The van der Waals surface area contributed by atoms with E-state index in [1.165, 1.54) is 0 Å². The van der Waals surface area contributed by atoms with E-state index in [9.17, 15) is 9.59 Å². The number of hydrogen-bond acceptors (Lipinski definition) is 3. The van der Waals surface area contributed by atoms with Crippen molar-refractivity contribution in [2.45, 2.75) is 31.6 Å². The van der Waals surface area contributed by atoms with Gasteiger partial charge in [-0.25, -0.2) is 0 Å². The van der Waals surface area contributed by atoms with Crippen molar-refractivity contribution in [3.8, 4) is 0 Å². The zero-order valence-corrected chi connectivity index (χ0v) is 9.23. The molecular formula is C13H14O3. The van der Waals surface area contributed by atoms with Crippen LogP contribution in [0.15, 0.2) is 30.3 Å². The lowest BCUT2D eigenvalue weighted by Crippen LogP contribution is -2.38. The summed E-state index contributed by atoms with van der Waals surface area (Å²) in [7, 11) is 0. The Morgan fingerprint density at radius 1 is 1.12 bits per heavy atom. The molecule has 0 radical (unpaired) electrons. The molecule has 0 spiro atoms.